The number of carbonyl (C=O) groups is 1. The van der Waals surface area contributed by atoms with Gasteiger partial charge in [0.05, 0.1) is 0 Å². The van der Waals surface area contributed by atoms with Gasteiger partial charge in [0.25, 0.3) is 5.91 Å². The van der Waals surface area contributed by atoms with Crippen molar-refractivity contribution in [2.45, 2.75) is 32.2 Å². The van der Waals surface area contributed by atoms with Gasteiger partial charge in [0, 0.05) is 23.7 Å². The summed E-state index contributed by atoms with van der Waals surface area (Å²) in [6.07, 6.45) is 3.31. The first kappa shape index (κ1) is 12.9. The zero-order valence-electron chi connectivity index (χ0n) is 10.7. The first-order valence-electron chi connectivity index (χ1n) is 6.48. The normalized spacial score (nSPS) is 20.2. The molecule has 0 bridgehead atoms. The van der Waals surface area contributed by atoms with Crippen LogP contribution in [-0.2, 0) is 0 Å². The maximum absolute atomic E-state index is 12.1. The fraction of sp³-hybridized carbons (Fsp3) is 0.500. The summed E-state index contributed by atoms with van der Waals surface area (Å²) in [5.74, 6) is 0.0683. The van der Waals surface area contributed by atoms with E-state index in [-0.39, 0.29) is 17.7 Å². The van der Waals surface area contributed by atoms with Crippen LogP contribution in [0.5, 0.6) is 5.75 Å². The molecule has 4 heteroatoms. The highest BCUT2D eigenvalue weighted by atomic mass is 16.3. The van der Waals surface area contributed by atoms with Gasteiger partial charge in [-0.3, -0.25) is 4.79 Å². The van der Waals surface area contributed by atoms with Crippen LogP contribution in [0.3, 0.4) is 0 Å². The average molecular weight is 248 g/mol. The summed E-state index contributed by atoms with van der Waals surface area (Å²) < 4.78 is 0. The first-order valence-corrected chi connectivity index (χ1v) is 6.48. The minimum atomic E-state index is -0.0999. The smallest absolute Gasteiger partial charge is 0.251 e. The number of amides is 1. The van der Waals surface area contributed by atoms with E-state index in [9.17, 15) is 9.90 Å². The summed E-state index contributed by atoms with van der Waals surface area (Å²) in [5, 5.41) is 16.0. The number of carbonyl (C=O) groups excluding carboxylic acids is 1. The third-order valence-electron chi connectivity index (χ3n) is 3.43. The van der Waals surface area contributed by atoms with Crippen molar-refractivity contribution in [1.82, 2.24) is 10.6 Å². The third kappa shape index (κ3) is 3.01. The van der Waals surface area contributed by atoms with E-state index in [0.29, 0.717) is 11.1 Å². The Morgan fingerprint density at radius 3 is 3.11 bits per heavy atom. The Kier molecular flexibility index (Phi) is 4.20. The van der Waals surface area contributed by atoms with E-state index >= 15 is 0 Å². The SMILES string of the molecule is Cc1c(O)cccc1C(=O)NC1CCCCNC1. The van der Waals surface area contributed by atoms with Gasteiger partial charge in [0.15, 0.2) is 0 Å². The average Bonchev–Trinajstić information content (AvgIpc) is 2.61. The van der Waals surface area contributed by atoms with E-state index < -0.39 is 0 Å². The number of nitrogens with one attached hydrogen (secondary N) is 2. The highest BCUT2D eigenvalue weighted by Gasteiger charge is 2.17. The van der Waals surface area contributed by atoms with Crippen molar-refractivity contribution in [1.29, 1.82) is 0 Å². The summed E-state index contributed by atoms with van der Waals surface area (Å²) in [6, 6.07) is 5.22. The van der Waals surface area contributed by atoms with E-state index in [4.69, 9.17) is 0 Å². The van der Waals surface area contributed by atoms with E-state index in [1.54, 1.807) is 25.1 Å². The highest BCUT2D eigenvalue weighted by molar-refractivity contribution is 5.96. The summed E-state index contributed by atoms with van der Waals surface area (Å²) in [5.41, 5.74) is 1.19. The standard InChI is InChI=1S/C14H20N2O2/c1-10-12(6-4-7-13(10)17)14(18)16-11-5-2-3-8-15-9-11/h4,6-7,11,15,17H,2-3,5,8-9H2,1H3,(H,16,18). The summed E-state index contributed by atoms with van der Waals surface area (Å²) in [4.78, 5) is 12.1. The molecule has 1 unspecified atom stereocenters. The molecule has 2 rings (SSSR count). The summed E-state index contributed by atoms with van der Waals surface area (Å²) in [7, 11) is 0. The minimum Gasteiger partial charge on any atom is -0.508 e. The Bertz CT molecular complexity index is 424. The Morgan fingerprint density at radius 1 is 1.44 bits per heavy atom. The van der Waals surface area contributed by atoms with Crippen LogP contribution >= 0.6 is 0 Å². The van der Waals surface area contributed by atoms with Crippen molar-refractivity contribution < 1.29 is 9.90 Å². The Hall–Kier alpha value is -1.55. The molecule has 1 aromatic rings. The van der Waals surface area contributed by atoms with Crippen LogP contribution in [0, 0.1) is 6.92 Å². The molecule has 1 aliphatic heterocycles. The van der Waals surface area contributed by atoms with Crippen molar-refractivity contribution in [2.75, 3.05) is 13.1 Å². The molecule has 0 radical (unpaired) electrons. The van der Waals surface area contributed by atoms with Gasteiger partial charge in [-0.05, 0) is 38.4 Å². The molecule has 1 heterocycles. The molecule has 1 amide bonds. The van der Waals surface area contributed by atoms with Crippen LogP contribution in [-0.4, -0.2) is 30.1 Å². The molecule has 1 aromatic carbocycles. The molecular weight excluding hydrogens is 228 g/mol. The maximum Gasteiger partial charge on any atom is 0.251 e. The predicted octanol–water partition coefficient (Wildman–Crippen LogP) is 1.57. The molecule has 1 fully saturated rings. The second-order valence-electron chi connectivity index (χ2n) is 4.82. The largest absolute Gasteiger partial charge is 0.508 e. The fourth-order valence-corrected chi connectivity index (χ4v) is 2.27. The quantitative estimate of drug-likeness (QED) is 0.744. The van der Waals surface area contributed by atoms with E-state index in [1.807, 2.05) is 0 Å². The second kappa shape index (κ2) is 5.87. The lowest BCUT2D eigenvalue weighted by atomic mass is 10.1. The fourth-order valence-electron chi connectivity index (χ4n) is 2.27. The van der Waals surface area contributed by atoms with Crippen LogP contribution in [0.15, 0.2) is 18.2 Å². The van der Waals surface area contributed by atoms with Crippen molar-refractivity contribution in [2.24, 2.45) is 0 Å². The highest BCUT2D eigenvalue weighted by Crippen LogP contribution is 2.19. The molecule has 1 saturated heterocycles. The topological polar surface area (TPSA) is 61.4 Å². The Balaban J connectivity index is 2.04. The van der Waals surface area contributed by atoms with Crippen LogP contribution in [0.25, 0.3) is 0 Å². The lowest BCUT2D eigenvalue weighted by Gasteiger charge is -2.17. The third-order valence-corrected chi connectivity index (χ3v) is 3.43. The Labute approximate surface area is 107 Å². The van der Waals surface area contributed by atoms with Crippen molar-refractivity contribution in [3.05, 3.63) is 29.3 Å². The molecule has 1 aliphatic rings. The van der Waals surface area contributed by atoms with Gasteiger partial charge >= 0.3 is 0 Å². The van der Waals surface area contributed by atoms with Crippen LogP contribution in [0.2, 0.25) is 0 Å². The zero-order valence-corrected chi connectivity index (χ0v) is 10.7. The van der Waals surface area contributed by atoms with Crippen molar-refractivity contribution >= 4 is 5.91 Å². The lowest BCUT2D eigenvalue weighted by Crippen LogP contribution is -2.41. The zero-order chi connectivity index (χ0) is 13.0. The second-order valence-corrected chi connectivity index (χ2v) is 4.82. The molecule has 0 saturated carbocycles. The predicted molar refractivity (Wildman–Crippen MR) is 70.8 cm³/mol. The van der Waals surface area contributed by atoms with Gasteiger partial charge in [-0.1, -0.05) is 12.5 Å². The molecule has 0 spiro atoms. The molecule has 0 aromatic heterocycles. The van der Waals surface area contributed by atoms with Crippen LogP contribution < -0.4 is 10.6 Å². The van der Waals surface area contributed by atoms with Crippen molar-refractivity contribution in [3.63, 3.8) is 0 Å². The van der Waals surface area contributed by atoms with Gasteiger partial charge in [0.1, 0.15) is 5.75 Å². The molecule has 98 valence electrons. The van der Waals surface area contributed by atoms with Gasteiger partial charge in [-0.15, -0.1) is 0 Å². The molecule has 4 nitrogen and oxygen atoms in total. The van der Waals surface area contributed by atoms with E-state index in [1.165, 1.54) is 0 Å². The van der Waals surface area contributed by atoms with Gasteiger partial charge in [-0.25, -0.2) is 0 Å². The van der Waals surface area contributed by atoms with E-state index in [0.717, 1.165) is 32.4 Å². The molecular formula is C14H20N2O2. The monoisotopic (exact) mass is 248 g/mol. The van der Waals surface area contributed by atoms with E-state index in [2.05, 4.69) is 10.6 Å². The summed E-state index contributed by atoms with van der Waals surface area (Å²) in [6.45, 7) is 3.61. The first-order chi connectivity index (χ1) is 8.68. The van der Waals surface area contributed by atoms with Gasteiger partial charge in [0.2, 0.25) is 0 Å². The Morgan fingerprint density at radius 2 is 2.28 bits per heavy atom. The van der Waals surface area contributed by atoms with Gasteiger partial charge < -0.3 is 15.7 Å². The number of phenolic OH excluding ortho intramolecular Hbond substituents is 1. The molecule has 18 heavy (non-hydrogen) atoms. The van der Waals surface area contributed by atoms with Gasteiger partial charge in [-0.2, -0.15) is 0 Å². The van der Waals surface area contributed by atoms with Crippen LogP contribution in [0.1, 0.15) is 35.2 Å². The number of rotatable bonds is 2. The number of hydrogen-bond acceptors (Lipinski definition) is 3. The molecule has 3 N–H and O–H groups in total. The number of phenols is 1. The number of aromatic hydroxyl groups is 1. The number of hydrogen-bond donors (Lipinski definition) is 3. The maximum atomic E-state index is 12.1. The van der Waals surface area contributed by atoms with Crippen LogP contribution in [0.4, 0.5) is 0 Å². The minimum absolute atomic E-state index is 0.0999. The lowest BCUT2D eigenvalue weighted by molar-refractivity contribution is 0.0934. The molecule has 0 aliphatic carbocycles. The van der Waals surface area contributed by atoms with Crippen molar-refractivity contribution in [3.8, 4) is 5.75 Å². The number of benzene rings is 1. The summed E-state index contributed by atoms with van der Waals surface area (Å²) >= 11 is 0. The molecule has 1 atom stereocenters.